The van der Waals surface area contributed by atoms with Crippen LogP contribution in [0.1, 0.15) is 134 Å². The molecule has 0 aromatic heterocycles. The lowest BCUT2D eigenvalue weighted by Gasteiger charge is -2.71. The van der Waals surface area contributed by atoms with Gasteiger partial charge >= 0.3 is 35.8 Å². The second-order valence-electron chi connectivity index (χ2n) is 20.1. The molecule has 14 heteroatoms. The number of carbonyl (C=O) groups excluding carboxylic acids is 5. The third kappa shape index (κ3) is 7.68. The van der Waals surface area contributed by atoms with Crippen LogP contribution in [0.15, 0.2) is 11.6 Å². The summed E-state index contributed by atoms with van der Waals surface area (Å²) in [6, 6.07) is 0. The van der Waals surface area contributed by atoms with E-state index in [9.17, 15) is 33.9 Å². The van der Waals surface area contributed by atoms with Crippen LogP contribution in [-0.2, 0) is 61.9 Å². The van der Waals surface area contributed by atoms with Gasteiger partial charge in [-0.15, -0.1) is 0 Å². The molecule has 1 saturated heterocycles. The van der Waals surface area contributed by atoms with Gasteiger partial charge in [0.1, 0.15) is 12.7 Å². The minimum Gasteiger partial charge on any atom is -0.481 e. The third-order valence-electron chi connectivity index (χ3n) is 17.0. The molecule has 1 heterocycles. The number of hydrogen-bond donors (Lipinski definition) is 1. The van der Waals surface area contributed by atoms with E-state index in [2.05, 4.69) is 47.6 Å². The van der Waals surface area contributed by atoms with Gasteiger partial charge in [-0.25, -0.2) is 0 Å². The van der Waals surface area contributed by atoms with Crippen molar-refractivity contribution in [1.29, 1.82) is 0 Å². The molecule has 336 valence electrons. The van der Waals surface area contributed by atoms with Gasteiger partial charge in [-0.3, -0.25) is 28.8 Å². The molecule has 5 fully saturated rings. The highest BCUT2D eigenvalue weighted by molar-refractivity contribution is 5.77. The smallest absolute Gasteiger partial charge is 0.310 e. The van der Waals surface area contributed by atoms with E-state index in [1.165, 1.54) is 40.2 Å². The Morgan fingerprint density at radius 3 is 1.93 bits per heavy atom. The van der Waals surface area contributed by atoms with Gasteiger partial charge < -0.3 is 38.3 Å². The maximum atomic E-state index is 13.2. The minimum atomic E-state index is -1.39. The van der Waals surface area contributed by atoms with Crippen LogP contribution in [-0.4, -0.2) is 90.9 Å². The van der Waals surface area contributed by atoms with Crippen LogP contribution in [0.5, 0.6) is 0 Å². The van der Waals surface area contributed by atoms with E-state index in [0.29, 0.717) is 25.2 Å². The Bertz CT molecular complexity index is 1760. The standard InChI is InChI=1S/C46H68O14/c1-24-14-19-46(41(52)53)21-20-44(10)31(36(46)25(24)2)12-13-34-42(8)17-16-35(43(9,23-55-27(4)48)33(42)15-18-45(34,44)11)60-40-39(58-30(7)51)38(57-29(6)50)37(56-28(5)49)32(59-40)22-54-26(3)47/h12,24-25,32-40H,13-23H2,1-11H3,(H,52,53). The second kappa shape index (κ2) is 16.6. The number of rotatable bonds is 10. The van der Waals surface area contributed by atoms with E-state index < -0.39 is 83.5 Å². The minimum absolute atomic E-state index is 0.0132. The van der Waals surface area contributed by atoms with Gasteiger partial charge in [0.2, 0.25) is 0 Å². The molecule has 6 aliphatic rings. The molecule has 0 amide bonds. The number of aliphatic carboxylic acids is 1. The first-order valence-corrected chi connectivity index (χ1v) is 22.0. The number of carbonyl (C=O) groups is 6. The molecule has 0 radical (unpaired) electrons. The van der Waals surface area contributed by atoms with Crippen molar-refractivity contribution in [3.05, 3.63) is 11.6 Å². The number of carboxylic acids is 1. The van der Waals surface area contributed by atoms with Crippen LogP contribution in [0.4, 0.5) is 0 Å². The first kappa shape index (κ1) is 46.0. The van der Waals surface area contributed by atoms with Crippen molar-refractivity contribution in [3.8, 4) is 0 Å². The van der Waals surface area contributed by atoms with Crippen LogP contribution in [0, 0.1) is 56.7 Å². The number of carboxylic acid groups (broad SMARTS) is 1. The molecule has 0 aromatic carbocycles. The summed E-state index contributed by atoms with van der Waals surface area (Å²) in [4.78, 5) is 75.3. The highest BCUT2D eigenvalue weighted by atomic mass is 16.7. The second-order valence-corrected chi connectivity index (χ2v) is 20.1. The Morgan fingerprint density at radius 1 is 0.717 bits per heavy atom. The van der Waals surface area contributed by atoms with Crippen molar-refractivity contribution in [2.75, 3.05) is 13.2 Å². The summed E-state index contributed by atoms with van der Waals surface area (Å²) in [6.07, 6.45) is 2.04. The quantitative estimate of drug-likeness (QED) is 0.105. The molecule has 0 bridgehead atoms. The fourth-order valence-corrected chi connectivity index (χ4v) is 13.8. The average molecular weight is 845 g/mol. The van der Waals surface area contributed by atoms with E-state index in [0.717, 1.165) is 38.5 Å². The van der Waals surface area contributed by atoms with Gasteiger partial charge in [0.25, 0.3) is 0 Å². The number of fused-ring (bicyclic) bond motifs is 7. The zero-order chi connectivity index (χ0) is 44.3. The maximum absolute atomic E-state index is 13.2. The molecule has 1 N–H and O–H groups in total. The summed E-state index contributed by atoms with van der Waals surface area (Å²) in [5.74, 6) is -3.01. The Labute approximate surface area is 354 Å². The number of ether oxygens (including phenoxy) is 7. The van der Waals surface area contributed by atoms with Crippen molar-refractivity contribution in [3.63, 3.8) is 0 Å². The van der Waals surface area contributed by atoms with Crippen molar-refractivity contribution in [1.82, 2.24) is 0 Å². The van der Waals surface area contributed by atoms with E-state index in [1.807, 2.05) is 0 Å². The van der Waals surface area contributed by atoms with Crippen molar-refractivity contribution in [2.45, 2.75) is 171 Å². The summed E-state index contributed by atoms with van der Waals surface area (Å²) in [5, 5.41) is 10.8. The molecule has 14 nitrogen and oxygen atoms in total. The number of allylic oxidation sites excluding steroid dienone is 2. The van der Waals surface area contributed by atoms with Crippen LogP contribution in [0.2, 0.25) is 0 Å². The molecule has 5 aliphatic carbocycles. The number of hydrogen-bond acceptors (Lipinski definition) is 13. The normalized spacial score (nSPS) is 44.5. The first-order valence-electron chi connectivity index (χ1n) is 22.0. The molecule has 4 saturated carbocycles. The van der Waals surface area contributed by atoms with E-state index >= 15 is 0 Å². The first-order chi connectivity index (χ1) is 27.9. The molecule has 6 rings (SSSR count). The van der Waals surface area contributed by atoms with Crippen molar-refractivity contribution in [2.24, 2.45) is 56.7 Å². The highest BCUT2D eigenvalue weighted by Gasteiger charge is 2.70. The highest BCUT2D eigenvalue weighted by Crippen LogP contribution is 2.76. The Balaban J connectivity index is 1.38. The predicted molar refractivity (Wildman–Crippen MR) is 214 cm³/mol. The van der Waals surface area contributed by atoms with Gasteiger partial charge in [-0.2, -0.15) is 0 Å². The molecular weight excluding hydrogens is 776 g/mol. The Kier molecular flexibility index (Phi) is 12.8. The molecular formula is C46H68O14. The molecule has 0 spiro atoms. The van der Waals surface area contributed by atoms with Crippen LogP contribution < -0.4 is 0 Å². The summed E-state index contributed by atoms with van der Waals surface area (Å²) in [7, 11) is 0. The maximum Gasteiger partial charge on any atom is 0.310 e. The lowest BCUT2D eigenvalue weighted by molar-refractivity contribution is -0.336. The summed E-state index contributed by atoms with van der Waals surface area (Å²) >= 11 is 0. The lowest BCUT2D eigenvalue weighted by Crippen LogP contribution is -2.67. The number of esters is 5. The molecule has 16 atom stereocenters. The van der Waals surface area contributed by atoms with Gasteiger partial charge in [0.15, 0.2) is 24.6 Å². The molecule has 0 aromatic rings. The topological polar surface area (TPSA) is 187 Å². The van der Waals surface area contributed by atoms with Gasteiger partial charge in [-0.1, -0.05) is 53.2 Å². The van der Waals surface area contributed by atoms with E-state index in [4.69, 9.17) is 33.2 Å². The van der Waals surface area contributed by atoms with Gasteiger partial charge in [-0.05, 0) is 104 Å². The Morgan fingerprint density at radius 2 is 1.33 bits per heavy atom. The third-order valence-corrected chi connectivity index (χ3v) is 17.0. The predicted octanol–water partition coefficient (Wildman–Crippen LogP) is 6.74. The zero-order valence-electron chi connectivity index (χ0n) is 37.5. The summed E-state index contributed by atoms with van der Waals surface area (Å²) < 4.78 is 41.6. The van der Waals surface area contributed by atoms with E-state index in [-0.39, 0.29) is 53.1 Å². The molecule has 1 aliphatic heterocycles. The van der Waals surface area contributed by atoms with Gasteiger partial charge in [0.05, 0.1) is 18.1 Å². The van der Waals surface area contributed by atoms with Crippen molar-refractivity contribution < 1.29 is 67.0 Å². The van der Waals surface area contributed by atoms with Crippen LogP contribution in [0.3, 0.4) is 0 Å². The van der Waals surface area contributed by atoms with Crippen molar-refractivity contribution >= 4 is 35.8 Å². The molecule has 16 unspecified atom stereocenters. The summed E-state index contributed by atoms with van der Waals surface area (Å²) in [5.41, 5.74) is -0.770. The lowest BCUT2D eigenvalue weighted by atomic mass is 9.33. The van der Waals surface area contributed by atoms with Crippen LogP contribution >= 0.6 is 0 Å². The SMILES string of the molecule is CC(=O)OCC1OC(OC2CCC3(C)C(CCC4(C)C3CC=C3C5C(C)C(C)CCC5(C(=O)O)CCC34C)C2(C)COC(C)=O)C(OC(C)=O)C(OC(C)=O)C1OC(C)=O. The zero-order valence-corrected chi connectivity index (χ0v) is 37.5. The fraction of sp³-hybridized carbons (Fsp3) is 0.826. The van der Waals surface area contributed by atoms with Crippen LogP contribution in [0.25, 0.3) is 0 Å². The largest absolute Gasteiger partial charge is 0.481 e. The van der Waals surface area contributed by atoms with Gasteiger partial charge in [0, 0.05) is 40.0 Å². The molecule has 60 heavy (non-hydrogen) atoms. The fourth-order valence-electron chi connectivity index (χ4n) is 13.8. The Hall–Kier alpha value is -3.52. The average Bonchev–Trinajstić information content (AvgIpc) is 3.14. The van der Waals surface area contributed by atoms with E-state index in [1.54, 1.807) is 0 Å². The summed E-state index contributed by atoms with van der Waals surface area (Å²) in [6.45, 7) is 19.6. The monoisotopic (exact) mass is 844 g/mol.